The topological polar surface area (TPSA) is 85.1 Å². The van der Waals surface area contributed by atoms with Crippen LogP contribution in [0.15, 0.2) is 44.4 Å². The van der Waals surface area contributed by atoms with Gasteiger partial charge < -0.3 is 4.52 Å². The zero-order valence-electron chi connectivity index (χ0n) is 13.5. The Kier molecular flexibility index (Phi) is 4.42. The van der Waals surface area contributed by atoms with E-state index in [1.54, 1.807) is 30.5 Å². The van der Waals surface area contributed by atoms with Crippen molar-refractivity contribution in [1.82, 2.24) is 10.1 Å². The van der Waals surface area contributed by atoms with Gasteiger partial charge in [-0.05, 0) is 29.7 Å². The van der Waals surface area contributed by atoms with Crippen LogP contribution >= 0.6 is 11.3 Å². The second-order valence-corrected chi connectivity index (χ2v) is 8.49. The van der Waals surface area contributed by atoms with E-state index in [1.165, 1.54) is 0 Å². The van der Waals surface area contributed by atoms with Gasteiger partial charge in [-0.2, -0.15) is 4.98 Å². The van der Waals surface area contributed by atoms with Crippen LogP contribution in [0, 0.1) is 6.92 Å². The molecule has 2 aromatic heterocycles. The molecule has 1 N–H and O–H groups in total. The highest BCUT2D eigenvalue weighted by molar-refractivity contribution is 7.94. The molecule has 0 radical (unpaired) electrons. The molecule has 0 spiro atoms. The fraction of sp³-hybridized carbons (Fsp3) is 0.250. The molecule has 0 fully saturated rings. The molecule has 0 saturated heterocycles. The normalized spacial score (nSPS) is 11.8. The van der Waals surface area contributed by atoms with Gasteiger partial charge in [0.05, 0.1) is 0 Å². The summed E-state index contributed by atoms with van der Waals surface area (Å²) in [7, 11) is -3.64. The first-order chi connectivity index (χ1) is 11.3. The average molecular weight is 363 g/mol. The van der Waals surface area contributed by atoms with Crippen LogP contribution in [0.1, 0.15) is 31.2 Å². The number of rotatable bonds is 5. The third kappa shape index (κ3) is 3.49. The number of thiophene rings is 1. The minimum atomic E-state index is -3.64. The molecule has 8 heteroatoms. The van der Waals surface area contributed by atoms with Crippen LogP contribution in [-0.2, 0) is 10.0 Å². The first-order valence-corrected chi connectivity index (χ1v) is 9.73. The van der Waals surface area contributed by atoms with Gasteiger partial charge >= 0.3 is 0 Å². The van der Waals surface area contributed by atoms with Crippen molar-refractivity contribution in [1.29, 1.82) is 0 Å². The molecule has 0 atom stereocenters. The third-order valence-electron chi connectivity index (χ3n) is 3.46. The van der Waals surface area contributed by atoms with Crippen molar-refractivity contribution >= 4 is 27.0 Å². The molecule has 0 saturated carbocycles. The summed E-state index contributed by atoms with van der Waals surface area (Å²) in [6.07, 6.45) is 0. The SMILES string of the molecule is Cc1nc(-c2csc(S(=O)(=O)Nc3ccc(C(C)C)cc3)c2)no1. The van der Waals surface area contributed by atoms with E-state index in [0.717, 1.165) is 16.9 Å². The number of benzene rings is 1. The molecule has 3 aromatic rings. The average Bonchev–Trinajstić information content (AvgIpc) is 3.16. The summed E-state index contributed by atoms with van der Waals surface area (Å²) in [5.74, 6) is 1.21. The van der Waals surface area contributed by atoms with Crippen molar-refractivity contribution in [3.8, 4) is 11.4 Å². The molecule has 0 aliphatic heterocycles. The van der Waals surface area contributed by atoms with Crippen molar-refractivity contribution in [2.24, 2.45) is 0 Å². The van der Waals surface area contributed by atoms with Crippen molar-refractivity contribution < 1.29 is 12.9 Å². The predicted octanol–water partition coefficient (Wildman–Crippen LogP) is 4.03. The molecule has 0 bridgehead atoms. The lowest BCUT2D eigenvalue weighted by Crippen LogP contribution is -2.11. The molecule has 3 rings (SSSR count). The van der Waals surface area contributed by atoms with Gasteiger partial charge in [-0.1, -0.05) is 31.1 Å². The maximum Gasteiger partial charge on any atom is 0.271 e. The Balaban J connectivity index is 1.82. The highest BCUT2D eigenvalue weighted by atomic mass is 32.2. The lowest BCUT2D eigenvalue weighted by Gasteiger charge is -2.09. The van der Waals surface area contributed by atoms with Crippen molar-refractivity contribution in [3.63, 3.8) is 0 Å². The highest BCUT2D eigenvalue weighted by Gasteiger charge is 2.19. The van der Waals surface area contributed by atoms with E-state index < -0.39 is 10.0 Å². The minimum absolute atomic E-state index is 0.202. The van der Waals surface area contributed by atoms with Crippen LogP contribution in [0.5, 0.6) is 0 Å². The molecule has 0 amide bonds. The van der Waals surface area contributed by atoms with Crippen molar-refractivity contribution in [2.75, 3.05) is 4.72 Å². The van der Waals surface area contributed by atoms with E-state index in [0.29, 0.717) is 28.9 Å². The van der Waals surface area contributed by atoms with E-state index in [2.05, 4.69) is 28.7 Å². The Hall–Kier alpha value is -2.19. The Labute approximate surface area is 144 Å². The van der Waals surface area contributed by atoms with Gasteiger partial charge in [0.2, 0.25) is 11.7 Å². The molecular weight excluding hydrogens is 346 g/mol. The summed E-state index contributed by atoms with van der Waals surface area (Å²) in [5, 5.41) is 5.49. The van der Waals surface area contributed by atoms with Crippen LogP contribution in [0.2, 0.25) is 0 Å². The van der Waals surface area contributed by atoms with E-state index in [4.69, 9.17) is 4.52 Å². The second-order valence-electron chi connectivity index (χ2n) is 5.67. The Morgan fingerprint density at radius 1 is 1.21 bits per heavy atom. The smallest absolute Gasteiger partial charge is 0.271 e. The van der Waals surface area contributed by atoms with Gasteiger partial charge in [0.15, 0.2) is 0 Å². The number of anilines is 1. The number of aryl methyl sites for hydroxylation is 1. The van der Waals surface area contributed by atoms with Gasteiger partial charge in [0.1, 0.15) is 4.21 Å². The molecule has 0 aliphatic carbocycles. The van der Waals surface area contributed by atoms with Crippen LogP contribution in [0.4, 0.5) is 5.69 Å². The van der Waals surface area contributed by atoms with Crippen LogP contribution < -0.4 is 4.72 Å². The van der Waals surface area contributed by atoms with Crippen molar-refractivity contribution in [3.05, 3.63) is 47.2 Å². The minimum Gasteiger partial charge on any atom is -0.339 e. The zero-order chi connectivity index (χ0) is 17.3. The third-order valence-corrected chi connectivity index (χ3v) is 6.28. The summed E-state index contributed by atoms with van der Waals surface area (Å²) in [4.78, 5) is 4.10. The van der Waals surface area contributed by atoms with Crippen LogP contribution in [0.25, 0.3) is 11.4 Å². The Bertz CT molecular complexity index is 941. The van der Waals surface area contributed by atoms with Gasteiger partial charge in [-0.25, -0.2) is 8.42 Å². The summed E-state index contributed by atoms with van der Waals surface area (Å²) < 4.78 is 32.7. The lowest BCUT2D eigenvalue weighted by molar-refractivity contribution is 0.394. The van der Waals surface area contributed by atoms with Gasteiger partial charge in [0.25, 0.3) is 10.0 Å². The zero-order valence-corrected chi connectivity index (χ0v) is 15.1. The molecule has 0 aliphatic rings. The lowest BCUT2D eigenvalue weighted by atomic mass is 10.0. The molecular formula is C16H17N3O3S2. The predicted molar refractivity (Wildman–Crippen MR) is 93.7 cm³/mol. The van der Waals surface area contributed by atoms with Crippen LogP contribution in [0.3, 0.4) is 0 Å². The fourth-order valence-electron chi connectivity index (χ4n) is 2.13. The Morgan fingerprint density at radius 2 is 1.92 bits per heavy atom. The largest absolute Gasteiger partial charge is 0.339 e. The quantitative estimate of drug-likeness (QED) is 0.740. The fourth-order valence-corrected chi connectivity index (χ4v) is 4.35. The number of hydrogen-bond donors (Lipinski definition) is 1. The standard InChI is InChI=1S/C16H17N3O3S2/c1-10(2)12-4-6-14(7-5-12)19-24(20,21)15-8-13(9-23-15)16-17-11(3)22-18-16/h4-10,19H,1-3H3. The van der Waals surface area contributed by atoms with E-state index >= 15 is 0 Å². The van der Waals surface area contributed by atoms with E-state index in [-0.39, 0.29) is 4.21 Å². The summed E-state index contributed by atoms with van der Waals surface area (Å²) in [6.45, 7) is 5.86. The second kappa shape index (κ2) is 6.37. The summed E-state index contributed by atoms with van der Waals surface area (Å²) in [5.41, 5.74) is 2.31. The van der Waals surface area contributed by atoms with E-state index in [9.17, 15) is 8.42 Å². The highest BCUT2D eigenvalue weighted by Crippen LogP contribution is 2.28. The first kappa shape index (κ1) is 16.7. The molecule has 2 heterocycles. The molecule has 24 heavy (non-hydrogen) atoms. The van der Waals surface area contributed by atoms with Gasteiger partial charge in [-0.15, -0.1) is 11.3 Å². The number of sulfonamides is 1. The maximum atomic E-state index is 12.5. The van der Waals surface area contributed by atoms with Crippen LogP contribution in [-0.4, -0.2) is 18.6 Å². The van der Waals surface area contributed by atoms with Gasteiger partial charge in [0, 0.05) is 23.6 Å². The Morgan fingerprint density at radius 3 is 2.50 bits per heavy atom. The number of aromatic nitrogens is 2. The first-order valence-electron chi connectivity index (χ1n) is 7.37. The van der Waals surface area contributed by atoms with Crippen molar-refractivity contribution in [2.45, 2.75) is 30.9 Å². The number of nitrogens with zero attached hydrogens (tertiary/aromatic N) is 2. The molecule has 1 aromatic carbocycles. The van der Waals surface area contributed by atoms with E-state index in [1.807, 2.05) is 12.1 Å². The maximum absolute atomic E-state index is 12.5. The summed E-state index contributed by atoms with van der Waals surface area (Å²) in [6, 6.07) is 8.92. The summed E-state index contributed by atoms with van der Waals surface area (Å²) >= 11 is 1.12. The number of hydrogen-bond acceptors (Lipinski definition) is 6. The molecule has 6 nitrogen and oxygen atoms in total. The molecule has 0 unspecified atom stereocenters. The molecule has 126 valence electrons. The van der Waals surface area contributed by atoms with Gasteiger partial charge in [-0.3, -0.25) is 4.72 Å². The monoisotopic (exact) mass is 363 g/mol. The number of nitrogens with one attached hydrogen (secondary N) is 1.